The summed E-state index contributed by atoms with van der Waals surface area (Å²) in [5, 5.41) is 1.55. The summed E-state index contributed by atoms with van der Waals surface area (Å²) in [4.78, 5) is 12.5. The van der Waals surface area contributed by atoms with Crippen LogP contribution in [0.5, 0.6) is 0 Å². The summed E-state index contributed by atoms with van der Waals surface area (Å²) in [5.74, 6) is 0. The summed E-state index contributed by atoms with van der Waals surface area (Å²) < 4.78 is 0. The predicted molar refractivity (Wildman–Crippen MR) is 67.2 cm³/mol. The molecule has 0 saturated carbocycles. The van der Waals surface area contributed by atoms with Gasteiger partial charge in [-0.3, -0.25) is 4.90 Å². The molecule has 1 aromatic rings. The minimum atomic E-state index is -0.543. The van der Waals surface area contributed by atoms with Gasteiger partial charge in [0.1, 0.15) is 0 Å². The van der Waals surface area contributed by atoms with Crippen LogP contribution in [0.4, 0.5) is 10.5 Å². The maximum atomic E-state index is 11.2. The third-order valence-electron chi connectivity index (χ3n) is 1.77. The number of urea groups is 1. The fourth-order valence-corrected chi connectivity index (χ4v) is 2.00. The number of carbonyl (C=O) groups excluding carboxylic acids is 1. The molecule has 6 heteroatoms. The molecule has 0 radical (unpaired) electrons. The van der Waals surface area contributed by atoms with Gasteiger partial charge < -0.3 is 5.73 Å². The molecule has 0 aliphatic heterocycles. The molecule has 0 bridgehead atoms. The van der Waals surface area contributed by atoms with Gasteiger partial charge in [-0.05, 0) is 18.2 Å². The molecule has 82 valence electrons. The highest BCUT2D eigenvalue weighted by molar-refractivity contribution is 9.09. The second-order valence-electron chi connectivity index (χ2n) is 2.77. The van der Waals surface area contributed by atoms with Gasteiger partial charge in [-0.1, -0.05) is 39.1 Å². The van der Waals surface area contributed by atoms with Gasteiger partial charge in [-0.15, -0.1) is 0 Å². The summed E-state index contributed by atoms with van der Waals surface area (Å²) in [7, 11) is 0. The lowest BCUT2D eigenvalue weighted by molar-refractivity contribution is 0.254. The summed E-state index contributed by atoms with van der Waals surface area (Å²) in [6.45, 7) is 0.455. The zero-order valence-electron chi connectivity index (χ0n) is 7.71. The normalized spacial score (nSPS) is 10.1. The van der Waals surface area contributed by atoms with Crippen molar-refractivity contribution >= 4 is 50.9 Å². The van der Waals surface area contributed by atoms with Crippen molar-refractivity contribution in [2.45, 2.75) is 0 Å². The fourth-order valence-electron chi connectivity index (χ4n) is 1.13. The molecule has 0 aliphatic carbocycles. The van der Waals surface area contributed by atoms with E-state index >= 15 is 0 Å². The van der Waals surface area contributed by atoms with Crippen LogP contribution in [0.3, 0.4) is 0 Å². The molecule has 1 rings (SSSR count). The SMILES string of the molecule is NC(=O)N(CCBr)c1ccc(Cl)cc1Cl. The highest BCUT2D eigenvalue weighted by atomic mass is 79.9. The first-order valence-electron chi connectivity index (χ1n) is 4.14. The van der Waals surface area contributed by atoms with Crippen LogP contribution in [0.25, 0.3) is 0 Å². The Hall–Kier alpha value is -0.450. The van der Waals surface area contributed by atoms with Gasteiger partial charge in [-0.2, -0.15) is 0 Å². The Labute approximate surface area is 106 Å². The smallest absolute Gasteiger partial charge is 0.319 e. The number of rotatable bonds is 3. The molecule has 2 N–H and O–H groups in total. The number of halogens is 3. The predicted octanol–water partition coefficient (Wildman–Crippen LogP) is 3.27. The van der Waals surface area contributed by atoms with Crippen LogP contribution in [0.1, 0.15) is 0 Å². The summed E-state index contributed by atoms with van der Waals surface area (Å²) >= 11 is 14.9. The first kappa shape index (κ1) is 12.6. The van der Waals surface area contributed by atoms with Crippen molar-refractivity contribution in [1.82, 2.24) is 0 Å². The van der Waals surface area contributed by atoms with Gasteiger partial charge in [-0.25, -0.2) is 4.79 Å². The number of alkyl halides is 1. The maximum absolute atomic E-state index is 11.2. The standard InChI is InChI=1S/C9H9BrCl2N2O/c10-3-4-14(9(13)15)8-2-1-6(11)5-7(8)12/h1-2,5H,3-4H2,(H2,13,15). The van der Waals surface area contributed by atoms with Gasteiger partial charge in [0.25, 0.3) is 0 Å². The molecule has 0 fully saturated rings. The molecule has 15 heavy (non-hydrogen) atoms. The lowest BCUT2D eigenvalue weighted by Crippen LogP contribution is -2.37. The Morgan fingerprint density at radius 3 is 2.60 bits per heavy atom. The lowest BCUT2D eigenvalue weighted by atomic mass is 10.3. The molecule has 2 amide bonds. The summed E-state index contributed by atoms with van der Waals surface area (Å²) in [6, 6.07) is 4.35. The minimum absolute atomic E-state index is 0.405. The van der Waals surface area contributed by atoms with E-state index in [1.165, 1.54) is 4.90 Å². The van der Waals surface area contributed by atoms with E-state index in [1.807, 2.05) is 0 Å². The van der Waals surface area contributed by atoms with Gasteiger partial charge in [0.05, 0.1) is 10.7 Å². The van der Waals surface area contributed by atoms with Crippen molar-refractivity contribution in [3.8, 4) is 0 Å². The molecule has 3 nitrogen and oxygen atoms in total. The number of nitrogens with zero attached hydrogens (tertiary/aromatic N) is 1. The van der Waals surface area contributed by atoms with Crippen LogP contribution in [-0.2, 0) is 0 Å². The summed E-state index contributed by atoms with van der Waals surface area (Å²) in [5.41, 5.74) is 5.80. The monoisotopic (exact) mass is 310 g/mol. The molecular weight excluding hydrogens is 303 g/mol. The molecule has 0 atom stereocenters. The average molecular weight is 312 g/mol. The second-order valence-corrected chi connectivity index (χ2v) is 4.41. The largest absolute Gasteiger partial charge is 0.351 e. The number of hydrogen-bond donors (Lipinski definition) is 1. The van der Waals surface area contributed by atoms with Crippen molar-refractivity contribution in [2.24, 2.45) is 5.73 Å². The highest BCUT2D eigenvalue weighted by Crippen LogP contribution is 2.28. The van der Waals surface area contributed by atoms with E-state index in [9.17, 15) is 4.79 Å². The number of benzene rings is 1. The fraction of sp³-hybridized carbons (Fsp3) is 0.222. The van der Waals surface area contributed by atoms with E-state index in [0.29, 0.717) is 27.6 Å². The van der Waals surface area contributed by atoms with Crippen LogP contribution in [-0.4, -0.2) is 17.9 Å². The topological polar surface area (TPSA) is 46.3 Å². The van der Waals surface area contributed by atoms with Gasteiger partial charge in [0.2, 0.25) is 0 Å². The molecular formula is C9H9BrCl2N2O. The van der Waals surface area contributed by atoms with E-state index < -0.39 is 6.03 Å². The van der Waals surface area contributed by atoms with E-state index in [0.717, 1.165) is 0 Å². The molecule has 0 unspecified atom stereocenters. The molecule has 0 saturated heterocycles. The summed E-state index contributed by atoms with van der Waals surface area (Å²) in [6.07, 6.45) is 0. The molecule has 0 heterocycles. The Balaban J connectivity index is 3.05. The van der Waals surface area contributed by atoms with Gasteiger partial charge >= 0.3 is 6.03 Å². The number of nitrogens with two attached hydrogens (primary N) is 1. The van der Waals surface area contributed by atoms with Crippen molar-refractivity contribution in [3.05, 3.63) is 28.2 Å². The van der Waals surface area contributed by atoms with Crippen molar-refractivity contribution < 1.29 is 4.79 Å². The first-order chi connectivity index (χ1) is 7.06. The van der Waals surface area contributed by atoms with E-state index in [-0.39, 0.29) is 0 Å². The number of amides is 2. The Morgan fingerprint density at radius 2 is 2.13 bits per heavy atom. The van der Waals surface area contributed by atoms with Crippen LogP contribution >= 0.6 is 39.1 Å². The van der Waals surface area contributed by atoms with Crippen LogP contribution < -0.4 is 10.6 Å². The third-order valence-corrected chi connectivity index (χ3v) is 2.67. The first-order valence-corrected chi connectivity index (χ1v) is 6.02. The van der Waals surface area contributed by atoms with E-state index in [1.54, 1.807) is 18.2 Å². The van der Waals surface area contributed by atoms with Crippen molar-refractivity contribution in [3.63, 3.8) is 0 Å². The van der Waals surface area contributed by atoms with Crippen LogP contribution in [0.2, 0.25) is 10.0 Å². The zero-order chi connectivity index (χ0) is 11.4. The zero-order valence-corrected chi connectivity index (χ0v) is 10.8. The Bertz CT molecular complexity index is 373. The second kappa shape index (κ2) is 5.58. The average Bonchev–Trinajstić information content (AvgIpc) is 2.15. The van der Waals surface area contributed by atoms with E-state index in [2.05, 4.69) is 15.9 Å². The van der Waals surface area contributed by atoms with Crippen LogP contribution in [0.15, 0.2) is 18.2 Å². The number of anilines is 1. The minimum Gasteiger partial charge on any atom is -0.351 e. The Kier molecular flexibility index (Phi) is 4.70. The molecule has 0 aliphatic rings. The number of primary amides is 1. The Morgan fingerprint density at radius 1 is 1.47 bits per heavy atom. The van der Waals surface area contributed by atoms with Crippen molar-refractivity contribution in [1.29, 1.82) is 0 Å². The lowest BCUT2D eigenvalue weighted by Gasteiger charge is -2.20. The molecule has 1 aromatic carbocycles. The number of hydrogen-bond acceptors (Lipinski definition) is 1. The van der Waals surface area contributed by atoms with Gasteiger partial charge in [0.15, 0.2) is 0 Å². The van der Waals surface area contributed by atoms with Gasteiger partial charge in [0, 0.05) is 16.9 Å². The maximum Gasteiger partial charge on any atom is 0.319 e. The number of carbonyl (C=O) groups is 1. The molecule has 0 aromatic heterocycles. The van der Waals surface area contributed by atoms with Crippen molar-refractivity contribution in [2.75, 3.05) is 16.8 Å². The molecule has 0 spiro atoms. The quantitative estimate of drug-likeness (QED) is 0.856. The van der Waals surface area contributed by atoms with Crippen LogP contribution in [0, 0.1) is 0 Å². The third kappa shape index (κ3) is 3.26. The van der Waals surface area contributed by atoms with E-state index in [4.69, 9.17) is 28.9 Å². The highest BCUT2D eigenvalue weighted by Gasteiger charge is 2.14.